The normalized spacial score (nSPS) is 17.3. The van der Waals surface area contributed by atoms with Crippen LogP contribution in [0.4, 0.5) is 0 Å². The zero-order chi connectivity index (χ0) is 16.1. The van der Waals surface area contributed by atoms with E-state index in [1.807, 2.05) is 43.9 Å². The Kier molecular flexibility index (Phi) is 5.57. The van der Waals surface area contributed by atoms with Crippen molar-refractivity contribution >= 4 is 5.91 Å². The van der Waals surface area contributed by atoms with Gasteiger partial charge in [0, 0.05) is 13.1 Å². The van der Waals surface area contributed by atoms with Crippen LogP contribution < -0.4 is 0 Å². The Morgan fingerprint density at radius 2 is 2.00 bits per heavy atom. The molecule has 0 aliphatic carbocycles. The second-order valence-electron chi connectivity index (χ2n) is 6.16. The molecule has 1 saturated heterocycles. The lowest BCUT2D eigenvalue weighted by molar-refractivity contribution is -0.146. The summed E-state index contributed by atoms with van der Waals surface area (Å²) in [6.07, 6.45) is 1.56. The number of ether oxygens (including phenoxy) is 1. The first kappa shape index (κ1) is 16.5. The second-order valence-corrected chi connectivity index (χ2v) is 6.16. The average molecular weight is 300 g/mol. The van der Waals surface area contributed by atoms with Gasteiger partial charge in [-0.3, -0.25) is 4.79 Å². The van der Waals surface area contributed by atoms with Crippen LogP contribution in [-0.4, -0.2) is 36.1 Å². The van der Waals surface area contributed by atoms with Crippen molar-refractivity contribution in [2.24, 2.45) is 0 Å². The number of rotatable bonds is 4. The van der Waals surface area contributed by atoms with Gasteiger partial charge in [0.15, 0.2) is 0 Å². The van der Waals surface area contributed by atoms with Crippen LogP contribution in [0.1, 0.15) is 50.7 Å². The van der Waals surface area contributed by atoms with Gasteiger partial charge in [-0.1, -0.05) is 12.1 Å². The van der Waals surface area contributed by atoms with Crippen molar-refractivity contribution < 1.29 is 9.53 Å². The molecule has 1 fully saturated rings. The predicted molar refractivity (Wildman–Crippen MR) is 85.4 cm³/mol. The summed E-state index contributed by atoms with van der Waals surface area (Å²) in [6, 6.07) is 9.99. The molecule has 1 atom stereocenters. The molecule has 0 bridgehead atoms. The zero-order valence-electron chi connectivity index (χ0n) is 13.6. The maximum atomic E-state index is 12.3. The lowest BCUT2D eigenvalue weighted by atomic mass is 9.88. The summed E-state index contributed by atoms with van der Waals surface area (Å²) >= 11 is 0. The lowest BCUT2D eigenvalue weighted by Crippen LogP contribution is -2.44. The number of likely N-dealkylation sites (tertiary alicyclic amines) is 1. The smallest absolute Gasteiger partial charge is 0.251 e. The molecule has 1 aromatic carbocycles. The molecule has 0 spiro atoms. The first-order valence-electron chi connectivity index (χ1n) is 7.95. The minimum atomic E-state index is -0.376. The largest absolute Gasteiger partial charge is 0.366 e. The predicted octanol–water partition coefficient (Wildman–Crippen LogP) is 3.08. The van der Waals surface area contributed by atoms with Gasteiger partial charge >= 0.3 is 0 Å². The molecule has 4 nitrogen and oxygen atoms in total. The number of carbonyl (C=O) groups excluding carboxylic acids is 1. The van der Waals surface area contributed by atoms with Crippen LogP contribution >= 0.6 is 0 Å². The quantitative estimate of drug-likeness (QED) is 0.858. The molecule has 0 radical (unpaired) electrons. The van der Waals surface area contributed by atoms with E-state index < -0.39 is 0 Å². The van der Waals surface area contributed by atoms with Crippen LogP contribution in [-0.2, 0) is 9.53 Å². The standard InChI is InChI=1S/C18H24N2O2/c1-13(2)22-14(3)18(21)20-9-7-16(8-10-20)17-6-4-5-15(11-17)12-19/h4-6,11,13-14,16H,7-10H2,1-3H3/t14-/m1/s1. The molecule has 0 aromatic heterocycles. The number of nitriles is 1. The fourth-order valence-electron chi connectivity index (χ4n) is 3.02. The van der Waals surface area contributed by atoms with Crippen LogP contribution in [0.25, 0.3) is 0 Å². The van der Waals surface area contributed by atoms with E-state index in [0.717, 1.165) is 25.9 Å². The molecule has 1 heterocycles. The highest BCUT2D eigenvalue weighted by atomic mass is 16.5. The Morgan fingerprint density at radius 3 is 2.59 bits per heavy atom. The molecule has 1 aliphatic heterocycles. The van der Waals surface area contributed by atoms with E-state index in [0.29, 0.717) is 11.5 Å². The molecule has 1 aromatic rings. The Labute approximate surface area is 132 Å². The Balaban J connectivity index is 1.92. The van der Waals surface area contributed by atoms with Gasteiger partial charge in [-0.2, -0.15) is 5.26 Å². The summed E-state index contributed by atoms with van der Waals surface area (Å²) < 4.78 is 5.58. The van der Waals surface area contributed by atoms with E-state index in [1.54, 1.807) is 0 Å². The topological polar surface area (TPSA) is 53.3 Å². The fourth-order valence-corrected chi connectivity index (χ4v) is 3.02. The van der Waals surface area contributed by atoms with Crippen molar-refractivity contribution in [2.45, 2.75) is 51.7 Å². The maximum absolute atomic E-state index is 12.3. The summed E-state index contributed by atoms with van der Waals surface area (Å²) in [5.74, 6) is 0.511. The summed E-state index contributed by atoms with van der Waals surface area (Å²) in [6.45, 7) is 7.22. The van der Waals surface area contributed by atoms with Crippen LogP contribution in [0.2, 0.25) is 0 Å². The molecule has 0 unspecified atom stereocenters. The molecule has 2 rings (SSSR count). The Bertz CT molecular complexity index is 554. The zero-order valence-corrected chi connectivity index (χ0v) is 13.6. The number of nitrogens with zero attached hydrogens (tertiary/aromatic N) is 2. The number of hydrogen-bond acceptors (Lipinski definition) is 3. The van der Waals surface area contributed by atoms with Gasteiger partial charge < -0.3 is 9.64 Å². The number of hydrogen-bond donors (Lipinski definition) is 0. The van der Waals surface area contributed by atoms with E-state index in [9.17, 15) is 4.79 Å². The lowest BCUT2D eigenvalue weighted by Gasteiger charge is -2.34. The van der Waals surface area contributed by atoms with Crippen LogP contribution in [0, 0.1) is 11.3 Å². The molecule has 0 N–H and O–H groups in total. The highest BCUT2D eigenvalue weighted by Gasteiger charge is 2.27. The molecule has 22 heavy (non-hydrogen) atoms. The summed E-state index contributed by atoms with van der Waals surface area (Å²) in [5.41, 5.74) is 1.91. The van der Waals surface area contributed by atoms with Gasteiger partial charge in [0.25, 0.3) is 5.91 Å². The highest BCUT2D eigenvalue weighted by Crippen LogP contribution is 2.28. The second kappa shape index (κ2) is 7.42. The summed E-state index contributed by atoms with van der Waals surface area (Å²) in [7, 11) is 0. The van der Waals surface area contributed by atoms with Gasteiger partial charge in [0.2, 0.25) is 0 Å². The summed E-state index contributed by atoms with van der Waals surface area (Å²) in [4.78, 5) is 14.2. The first-order valence-corrected chi connectivity index (χ1v) is 7.95. The third-order valence-electron chi connectivity index (χ3n) is 4.12. The van der Waals surface area contributed by atoms with E-state index in [4.69, 9.17) is 10.00 Å². The van der Waals surface area contributed by atoms with E-state index in [-0.39, 0.29) is 18.1 Å². The van der Waals surface area contributed by atoms with E-state index in [1.165, 1.54) is 5.56 Å². The van der Waals surface area contributed by atoms with Crippen LogP contribution in [0.15, 0.2) is 24.3 Å². The van der Waals surface area contributed by atoms with Crippen molar-refractivity contribution in [2.75, 3.05) is 13.1 Å². The van der Waals surface area contributed by atoms with Gasteiger partial charge in [-0.05, 0) is 57.2 Å². The van der Waals surface area contributed by atoms with Crippen molar-refractivity contribution in [3.8, 4) is 6.07 Å². The van der Waals surface area contributed by atoms with Crippen molar-refractivity contribution in [3.63, 3.8) is 0 Å². The fraction of sp³-hybridized carbons (Fsp3) is 0.556. The molecule has 4 heteroatoms. The van der Waals surface area contributed by atoms with Crippen LogP contribution in [0.3, 0.4) is 0 Å². The molecule has 1 amide bonds. The number of carbonyl (C=O) groups is 1. The third kappa shape index (κ3) is 4.08. The third-order valence-corrected chi connectivity index (χ3v) is 4.12. The molecule has 118 valence electrons. The number of benzene rings is 1. The summed E-state index contributed by atoms with van der Waals surface area (Å²) in [5, 5.41) is 8.99. The van der Waals surface area contributed by atoms with Gasteiger partial charge in [-0.15, -0.1) is 0 Å². The maximum Gasteiger partial charge on any atom is 0.251 e. The Hall–Kier alpha value is -1.86. The molecular formula is C18H24N2O2. The highest BCUT2D eigenvalue weighted by molar-refractivity contribution is 5.80. The molecule has 0 saturated carbocycles. The van der Waals surface area contributed by atoms with Gasteiger partial charge in [0.1, 0.15) is 6.10 Å². The van der Waals surface area contributed by atoms with E-state index in [2.05, 4.69) is 12.1 Å². The number of amides is 1. The van der Waals surface area contributed by atoms with Crippen molar-refractivity contribution in [3.05, 3.63) is 35.4 Å². The van der Waals surface area contributed by atoms with Crippen molar-refractivity contribution in [1.82, 2.24) is 4.90 Å². The minimum absolute atomic E-state index is 0.0604. The Morgan fingerprint density at radius 1 is 1.32 bits per heavy atom. The molecule has 1 aliphatic rings. The first-order chi connectivity index (χ1) is 10.5. The SMILES string of the molecule is CC(C)O[C@H](C)C(=O)N1CCC(c2cccc(C#N)c2)CC1. The average Bonchev–Trinajstić information content (AvgIpc) is 2.53. The molecular weight excluding hydrogens is 276 g/mol. The number of piperidine rings is 1. The van der Waals surface area contributed by atoms with Gasteiger partial charge in [-0.25, -0.2) is 0 Å². The monoisotopic (exact) mass is 300 g/mol. The van der Waals surface area contributed by atoms with Gasteiger partial charge in [0.05, 0.1) is 17.7 Å². The minimum Gasteiger partial charge on any atom is -0.366 e. The van der Waals surface area contributed by atoms with Crippen molar-refractivity contribution in [1.29, 1.82) is 5.26 Å². The van der Waals surface area contributed by atoms with Crippen LogP contribution in [0.5, 0.6) is 0 Å². The van der Waals surface area contributed by atoms with E-state index >= 15 is 0 Å².